The summed E-state index contributed by atoms with van der Waals surface area (Å²) < 4.78 is 2.09. The minimum atomic E-state index is -0.0972. The Balaban J connectivity index is 1.44. The van der Waals surface area contributed by atoms with Crippen molar-refractivity contribution < 1.29 is 0 Å². The molecular formula is C21H17N5OS. The number of hydrogen-bond donors (Lipinski definition) is 1. The molecule has 0 bridgehead atoms. The molecule has 0 aliphatic rings. The molecule has 0 saturated carbocycles. The lowest BCUT2D eigenvalue weighted by molar-refractivity contribution is 0.923. The van der Waals surface area contributed by atoms with Crippen LogP contribution in [0.4, 0.5) is 0 Å². The smallest absolute Gasteiger partial charge is 0.258 e. The molecule has 0 aliphatic heterocycles. The fourth-order valence-corrected chi connectivity index (χ4v) is 4.36. The molecule has 0 aliphatic carbocycles. The number of fused-ring (bicyclic) bond motifs is 4. The first kappa shape index (κ1) is 16.9. The van der Waals surface area contributed by atoms with Crippen LogP contribution in [0.5, 0.6) is 0 Å². The summed E-state index contributed by atoms with van der Waals surface area (Å²) in [7, 11) is 0. The number of pyridine rings is 1. The first-order valence-corrected chi connectivity index (χ1v) is 10.0. The molecule has 6 nitrogen and oxygen atoms in total. The monoisotopic (exact) mass is 387 g/mol. The molecular weight excluding hydrogens is 370 g/mol. The predicted molar refractivity (Wildman–Crippen MR) is 112 cm³/mol. The van der Waals surface area contributed by atoms with Crippen LogP contribution in [0.1, 0.15) is 11.4 Å². The fourth-order valence-electron chi connectivity index (χ4n) is 3.46. The molecule has 5 rings (SSSR count). The van der Waals surface area contributed by atoms with Gasteiger partial charge in [-0.3, -0.25) is 9.20 Å². The van der Waals surface area contributed by atoms with Crippen LogP contribution in [-0.4, -0.2) is 30.3 Å². The lowest BCUT2D eigenvalue weighted by Crippen LogP contribution is -2.12. The van der Waals surface area contributed by atoms with Crippen LogP contribution < -0.4 is 5.56 Å². The van der Waals surface area contributed by atoms with E-state index in [1.165, 1.54) is 10.9 Å². The number of hydrogen-bond acceptors (Lipinski definition) is 5. The first-order valence-electron chi connectivity index (χ1n) is 9.05. The number of thioether (sulfide) groups is 1. The number of nitrogens with zero attached hydrogens (tertiary/aromatic N) is 4. The standard InChI is InChI=1S/C21H17N5OS/c1-13-12-19-24-25-21(26(19)17-9-5-3-6-14(13)17)28-11-10-18-22-16-8-4-2-7-15(16)20(27)23-18/h2-9,12H,10-11H2,1H3,(H,22,23,27). The number of aromatic amines is 1. The van der Waals surface area contributed by atoms with Gasteiger partial charge < -0.3 is 4.98 Å². The molecule has 1 N–H and O–H groups in total. The van der Waals surface area contributed by atoms with Crippen LogP contribution in [0.15, 0.2) is 64.5 Å². The fraction of sp³-hybridized carbons (Fsp3) is 0.143. The number of H-pyrrole nitrogens is 1. The van der Waals surface area contributed by atoms with Crippen molar-refractivity contribution in [1.29, 1.82) is 0 Å². The number of aryl methyl sites for hydroxylation is 2. The Morgan fingerprint density at radius 1 is 1.04 bits per heavy atom. The van der Waals surface area contributed by atoms with Gasteiger partial charge in [0.1, 0.15) is 5.82 Å². The van der Waals surface area contributed by atoms with E-state index in [0.717, 1.165) is 27.6 Å². The number of rotatable bonds is 4. The molecule has 3 aromatic heterocycles. The average Bonchev–Trinajstić information content (AvgIpc) is 3.11. The van der Waals surface area contributed by atoms with Gasteiger partial charge in [-0.2, -0.15) is 0 Å². The summed E-state index contributed by atoms with van der Waals surface area (Å²) in [4.78, 5) is 19.7. The van der Waals surface area contributed by atoms with Crippen molar-refractivity contribution in [3.8, 4) is 0 Å². The second kappa shape index (κ2) is 6.76. The van der Waals surface area contributed by atoms with E-state index in [1.54, 1.807) is 17.8 Å². The largest absolute Gasteiger partial charge is 0.310 e. The van der Waals surface area contributed by atoms with E-state index in [1.807, 2.05) is 30.3 Å². The molecule has 7 heteroatoms. The Kier molecular flexibility index (Phi) is 4.09. The molecule has 0 spiro atoms. The van der Waals surface area contributed by atoms with E-state index in [-0.39, 0.29) is 5.56 Å². The summed E-state index contributed by atoms with van der Waals surface area (Å²) in [6.45, 7) is 2.09. The molecule has 0 amide bonds. The second-order valence-electron chi connectivity index (χ2n) is 6.65. The van der Waals surface area contributed by atoms with Gasteiger partial charge in [-0.15, -0.1) is 10.2 Å². The van der Waals surface area contributed by atoms with Crippen molar-refractivity contribution in [2.24, 2.45) is 0 Å². The summed E-state index contributed by atoms with van der Waals surface area (Å²) in [6, 6.07) is 17.7. The van der Waals surface area contributed by atoms with E-state index >= 15 is 0 Å². The van der Waals surface area contributed by atoms with Crippen LogP contribution in [0.25, 0.3) is 27.5 Å². The van der Waals surface area contributed by atoms with Crippen LogP contribution in [-0.2, 0) is 6.42 Å². The number of benzene rings is 2. The molecule has 0 fully saturated rings. The normalized spacial score (nSPS) is 11.6. The predicted octanol–water partition coefficient (Wildman–Crippen LogP) is 3.76. The highest BCUT2D eigenvalue weighted by molar-refractivity contribution is 7.99. The van der Waals surface area contributed by atoms with Crippen molar-refractivity contribution in [1.82, 2.24) is 24.6 Å². The van der Waals surface area contributed by atoms with Gasteiger partial charge >= 0.3 is 0 Å². The third-order valence-corrected chi connectivity index (χ3v) is 5.74. The van der Waals surface area contributed by atoms with Gasteiger partial charge in [0.15, 0.2) is 10.8 Å². The van der Waals surface area contributed by atoms with Crippen molar-refractivity contribution in [2.45, 2.75) is 18.5 Å². The lowest BCUT2D eigenvalue weighted by Gasteiger charge is -2.07. The molecule has 0 radical (unpaired) electrons. The van der Waals surface area contributed by atoms with Crippen LogP contribution in [0.2, 0.25) is 0 Å². The van der Waals surface area contributed by atoms with Gasteiger partial charge in [0, 0.05) is 17.6 Å². The number of aromatic nitrogens is 5. The Bertz CT molecular complexity index is 1390. The minimum absolute atomic E-state index is 0.0972. The lowest BCUT2D eigenvalue weighted by atomic mass is 10.1. The number of para-hydroxylation sites is 2. The number of nitrogens with one attached hydrogen (secondary N) is 1. The topological polar surface area (TPSA) is 75.9 Å². The molecule has 0 atom stereocenters. The molecule has 0 unspecified atom stereocenters. The van der Waals surface area contributed by atoms with Gasteiger partial charge in [-0.05, 0) is 36.8 Å². The SMILES string of the molecule is Cc1cc2nnc(SCCc3nc4ccccc4c(=O)[nH]3)n2c2ccccc12. The molecule has 28 heavy (non-hydrogen) atoms. The van der Waals surface area contributed by atoms with E-state index in [9.17, 15) is 4.79 Å². The second-order valence-corrected chi connectivity index (χ2v) is 7.71. The van der Waals surface area contributed by atoms with Crippen molar-refractivity contribution in [3.63, 3.8) is 0 Å². The Hall–Kier alpha value is -3.19. The third kappa shape index (κ3) is 2.84. The summed E-state index contributed by atoms with van der Waals surface area (Å²) in [5, 5.41) is 11.3. The first-order chi connectivity index (χ1) is 13.7. The molecule has 0 saturated heterocycles. The zero-order chi connectivity index (χ0) is 19.1. The maximum atomic E-state index is 12.2. The Morgan fingerprint density at radius 3 is 2.71 bits per heavy atom. The molecule has 5 aromatic rings. The van der Waals surface area contributed by atoms with Gasteiger partial charge in [0.25, 0.3) is 5.56 Å². The van der Waals surface area contributed by atoms with Crippen LogP contribution >= 0.6 is 11.8 Å². The average molecular weight is 387 g/mol. The maximum Gasteiger partial charge on any atom is 0.258 e. The summed E-state index contributed by atoms with van der Waals surface area (Å²) in [5.41, 5.74) is 3.75. The molecule has 138 valence electrons. The van der Waals surface area contributed by atoms with E-state index in [2.05, 4.69) is 49.7 Å². The minimum Gasteiger partial charge on any atom is -0.310 e. The van der Waals surface area contributed by atoms with Crippen LogP contribution in [0.3, 0.4) is 0 Å². The third-order valence-electron chi connectivity index (χ3n) is 4.81. The van der Waals surface area contributed by atoms with E-state index < -0.39 is 0 Å². The van der Waals surface area contributed by atoms with E-state index in [4.69, 9.17) is 0 Å². The van der Waals surface area contributed by atoms with Gasteiger partial charge in [0.05, 0.1) is 16.4 Å². The van der Waals surface area contributed by atoms with Crippen molar-refractivity contribution in [3.05, 3.63) is 76.3 Å². The van der Waals surface area contributed by atoms with Gasteiger partial charge in [0.2, 0.25) is 0 Å². The Labute approximate surface area is 164 Å². The van der Waals surface area contributed by atoms with Crippen molar-refractivity contribution >= 4 is 39.2 Å². The highest BCUT2D eigenvalue weighted by atomic mass is 32.2. The van der Waals surface area contributed by atoms with E-state index in [0.29, 0.717) is 17.6 Å². The summed E-state index contributed by atoms with van der Waals surface area (Å²) in [5.74, 6) is 1.43. The van der Waals surface area contributed by atoms with Crippen molar-refractivity contribution in [2.75, 3.05) is 5.75 Å². The zero-order valence-electron chi connectivity index (χ0n) is 15.2. The molecule has 3 heterocycles. The molecule has 2 aromatic carbocycles. The van der Waals surface area contributed by atoms with Gasteiger partial charge in [-0.25, -0.2) is 4.98 Å². The van der Waals surface area contributed by atoms with Gasteiger partial charge in [-0.1, -0.05) is 42.1 Å². The maximum absolute atomic E-state index is 12.2. The Morgan fingerprint density at radius 2 is 1.82 bits per heavy atom. The quantitative estimate of drug-likeness (QED) is 0.475. The zero-order valence-corrected chi connectivity index (χ0v) is 16.0. The summed E-state index contributed by atoms with van der Waals surface area (Å²) >= 11 is 1.61. The summed E-state index contributed by atoms with van der Waals surface area (Å²) in [6.07, 6.45) is 0.642. The highest BCUT2D eigenvalue weighted by Gasteiger charge is 2.12. The highest BCUT2D eigenvalue weighted by Crippen LogP contribution is 2.25. The van der Waals surface area contributed by atoms with Crippen LogP contribution in [0, 0.1) is 6.92 Å².